The van der Waals surface area contributed by atoms with Gasteiger partial charge in [0.15, 0.2) is 0 Å². The summed E-state index contributed by atoms with van der Waals surface area (Å²) in [6.45, 7) is 1.10. The van der Waals surface area contributed by atoms with E-state index in [1.54, 1.807) is 0 Å². The molecule has 0 saturated heterocycles. The van der Waals surface area contributed by atoms with Gasteiger partial charge in [-0.1, -0.05) is 0 Å². The predicted octanol–water partition coefficient (Wildman–Crippen LogP) is 1.24. The number of hydrogen-bond acceptors (Lipinski definition) is 4. The van der Waals surface area contributed by atoms with Crippen LogP contribution in [0.15, 0.2) is 11.7 Å². The van der Waals surface area contributed by atoms with E-state index in [9.17, 15) is 18.3 Å². The molecule has 14 heavy (non-hydrogen) atoms. The molecule has 1 aromatic rings. The molecule has 0 bridgehead atoms. The van der Waals surface area contributed by atoms with E-state index in [0.29, 0.717) is 0 Å². The lowest BCUT2D eigenvalue weighted by molar-refractivity contribution is -0.271. The molecule has 0 amide bonds. The summed E-state index contributed by atoms with van der Waals surface area (Å²) < 4.78 is 37.7. The molecule has 0 aromatic carbocycles. The fraction of sp³-hybridized carbons (Fsp3) is 0.571. The number of aliphatic hydroxyl groups is 1. The summed E-state index contributed by atoms with van der Waals surface area (Å²) in [7, 11) is 0. The van der Waals surface area contributed by atoms with Gasteiger partial charge < -0.3 is 10.8 Å². The molecule has 0 aliphatic rings. The Balaban J connectivity index is 3.20. The molecular formula is C7H9F3N2OS. The van der Waals surface area contributed by atoms with E-state index in [0.717, 1.165) is 24.5 Å². The number of thiazole rings is 1. The highest BCUT2D eigenvalue weighted by Crippen LogP contribution is 2.42. The van der Waals surface area contributed by atoms with Gasteiger partial charge >= 0.3 is 6.18 Å². The van der Waals surface area contributed by atoms with Gasteiger partial charge in [0.1, 0.15) is 0 Å². The molecule has 0 aliphatic carbocycles. The quantitative estimate of drug-likeness (QED) is 0.797. The lowest BCUT2D eigenvalue weighted by atomic mass is 9.94. The van der Waals surface area contributed by atoms with Crippen molar-refractivity contribution in [3.63, 3.8) is 0 Å². The molecule has 0 fully saturated rings. The van der Waals surface area contributed by atoms with Crippen molar-refractivity contribution in [1.82, 2.24) is 4.98 Å². The van der Waals surface area contributed by atoms with Crippen molar-refractivity contribution >= 4 is 11.3 Å². The molecule has 0 saturated carbocycles. The number of halogens is 3. The van der Waals surface area contributed by atoms with Crippen LogP contribution < -0.4 is 5.73 Å². The maximum Gasteiger partial charge on any atom is 0.423 e. The van der Waals surface area contributed by atoms with Crippen LogP contribution in [0.4, 0.5) is 13.2 Å². The summed E-state index contributed by atoms with van der Waals surface area (Å²) in [6, 6.07) is -1.44. The molecule has 0 aliphatic heterocycles. The average molecular weight is 226 g/mol. The number of nitrogens with two attached hydrogens (primary N) is 1. The van der Waals surface area contributed by atoms with Gasteiger partial charge in [-0.2, -0.15) is 13.2 Å². The number of alkyl halides is 3. The SMILES string of the molecule is CC(N)C(O)(c1cncs1)C(F)(F)F. The van der Waals surface area contributed by atoms with E-state index < -0.39 is 17.8 Å². The minimum absolute atomic E-state index is 0.292. The summed E-state index contributed by atoms with van der Waals surface area (Å²) in [5, 5.41) is 9.51. The Labute approximate surface area is 82.4 Å². The van der Waals surface area contributed by atoms with Crippen LogP contribution in [0.2, 0.25) is 0 Å². The molecule has 3 N–H and O–H groups in total. The van der Waals surface area contributed by atoms with Crippen molar-refractivity contribution in [2.75, 3.05) is 0 Å². The van der Waals surface area contributed by atoms with E-state index in [4.69, 9.17) is 5.73 Å². The van der Waals surface area contributed by atoms with Gasteiger partial charge in [0.2, 0.25) is 5.60 Å². The largest absolute Gasteiger partial charge is 0.423 e. The van der Waals surface area contributed by atoms with Crippen molar-refractivity contribution in [2.24, 2.45) is 5.73 Å². The molecule has 0 radical (unpaired) electrons. The predicted molar refractivity (Wildman–Crippen MR) is 45.7 cm³/mol. The van der Waals surface area contributed by atoms with Gasteiger partial charge in [-0.05, 0) is 6.92 Å². The van der Waals surface area contributed by atoms with Crippen LogP contribution in [-0.2, 0) is 5.60 Å². The Morgan fingerprint density at radius 1 is 1.57 bits per heavy atom. The van der Waals surface area contributed by atoms with Crippen LogP contribution in [0.1, 0.15) is 11.8 Å². The second-order valence-corrected chi connectivity index (χ2v) is 3.80. The Bertz CT molecular complexity index is 298. The zero-order valence-electron chi connectivity index (χ0n) is 7.25. The fourth-order valence-electron chi connectivity index (χ4n) is 1.03. The summed E-state index contributed by atoms with van der Waals surface area (Å²) in [4.78, 5) is 3.20. The Morgan fingerprint density at radius 2 is 2.14 bits per heavy atom. The van der Waals surface area contributed by atoms with Crippen LogP contribution >= 0.6 is 11.3 Å². The Kier molecular flexibility index (Phi) is 2.84. The summed E-state index contributed by atoms with van der Waals surface area (Å²) in [5.74, 6) is 0. The maximum atomic E-state index is 12.6. The lowest BCUT2D eigenvalue weighted by Gasteiger charge is -2.32. The van der Waals surface area contributed by atoms with Gasteiger partial charge in [-0.15, -0.1) is 11.3 Å². The first-order chi connectivity index (χ1) is 6.30. The molecular weight excluding hydrogens is 217 g/mol. The smallest absolute Gasteiger partial charge is 0.374 e. The van der Waals surface area contributed by atoms with Crippen molar-refractivity contribution in [3.05, 3.63) is 16.6 Å². The second-order valence-electron chi connectivity index (χ2n) is 2.92. The number of aromatic nitrogens is 1. The third-order valence-corrected chi connectivity index (χ3v) is 2.80. The topological polar surface area (TPSA) is 59.1 Å². The zero-order valence-corrected chi connectivity index (χ0v) is 8.06. The van der Waals surface area contributed by atoms with E-state index in [1.165, 1.54) is 5.51 Å². The highest BCUT2D eigenvalue weighted by molar-refractivity contribution is 7.09. The van der Waals surface area contributed by atoms with E-state index in [-0.39, 0.29) is 4.88 Å². The standard InChI is InChI=1S/C7H9F3N2OS/c1-4(11)6(13,7(8,9)10)5-2-12-3-14-5/h2-4,13H,11H2,1H3. The van der Waals surface area contributed by atoms with Crippen molar-refractivity contribution < 1.29 is 18.3 Å². The zero-order chi connectivity index (χ0) is 11.0. The van der Waals surface area contributed by atoms with E-state index in [2.05, 4.69) is 4.98 Å². The minimum Gasteiger partial charge on any atom is -0.374 e. The van der Waals surface area contributed by atoms with Gasteiger partial charge in [0.05, 0.1) is 10.4 Å². The Morgan fingerprint density at radius 3 is 2.43 bits per heavy atom. The highest BCUT2D eigenvalue weighted by Gasteiger charge is 2.58. The number of rotatable bonds is 2. The fourth-order valence-corrected chi connectivity index (χ4v) is 1.86. The van der Waals surface area contributed by atoms with E-state index >= 15 is 0 Å². The van der Waals surface area contributed by atoms with Crippen LogP contribution in [0.25, 0.3) is 0 Å². The molecule has 80 valence electrons. The molecule has 2 unspecified atom stereocenters. The highest BCUT2D eigenvalue weighted by atomic mass is 32.1. The summed E-state index contributed by atoms with van der Waals surface area (Å²) >= 11 is 0.724. The molecule has 2 atom stereocenters. The van der Waals surface area contributed by atoms with Crippen molar-refractivity contribution in [2.45, 2.75) is 24.7 Å². The van der Waals surface area contributed by atoms with Crippen LogP contribution in [-0.4, -0.2) is 22.3 Å². The third kappa shape index (κ3) is 1.62. The van der Waals surface area contributed by atoms with Crippen LogP contribution in [0.3, 0.4) is 0 Å². The van der Waals surface area contributed by atoms with Gasteiger partial charge in [0.25, 0.3) is 0 Å². The second kappa shape index (κ2) is 3.48. The summed E-state index contributed by atoms with van der Waals surface area (Å²) in [6.07, 6.45) is -3.82. The van der Waals surface area contributed by atoms with Gasteiger partial charge in [0, 0.05) is 12.2 Å². The first-order valence-corrected chi connectivity index (χ1v) is 4.61. The molecule has 0 spiro atoms. The van der Waals surface area contributed by atoms with Crippen molar-refractivity contribution in [3.8, 4) is 0 Å². The van der Waals surface area contributed by atoms with Crippen molar-refractivity contribution in [1.29, 1.82) is 0 Å². The number of nitrogens with zero attached hydrogens (tertiary/aromatic N) is 1. The first-order valence-electron chi connectivity index (χ1n) is 3.73. The number of hydrogen-bond donors (Lipinski definition) is 2. The molecule has 7 heteroatoms. The average Bonchev–Trinajstić information content (AvgIpc) is 2.52. The molecule has 3 nitrogen and oxygen atoms in total. The van der Waals surface area contributed by atoms with Crippen LogP contribution in [0, 0.1) is 0 Å². The molecule has 1 aromatic heterocycles. The lowest BCUT2D eigenvalue weighted by Crippen LogP contribution is -2.53. The van der Waals surface area contributed by atoms with Gasteiger partial charge in [-0.25, -0.2) is 0 Å². The summed E-state index contributed by atoms with van der Waals surface area (Å²) in [5.41, 5.74) is 3.37. The first kappa shape index (κ1) is 11.4. The molecule has 1 rings (SSSR count). The molecule has 1 heterocycles. The van der Waals surface area contributed by atoms with E-state index in [1.807, 2.05) is 0 Å². The van der Waals surface area contributed by atoms with Crippen LogP contribution in [0.5, 0.6) is 0 Å². The third-order valence-electron chi connectivity index (χ3n) is 1.90. The maximum absolute atomic E-state index is 12.6. The Hall–Kier alpha value is -0.660. The normalized spacial score (nSPS) is 19.0. The monoisotopic (exact) mass is 226 g/mol. The van der Waals surface area contributed by atoms with Gasteiger partial charge in [-0.3, -0.25) is 4.98 Å². The minimum atomic E-state index is -4.80.